The minimum Gasteiger partial charge on any atom is -0.451 e. The first kappa shape index (κ1) is 9.56. The molecule has 0 amide bonds. The van der Waals surface area contributed by atoms with Crippen LogP contribution in [0.15, 0.2) is 12.3 Å². The minimum atomic E-state index is -4.54. The van der Waals surface area contributed by atoms with Crippen molar-refractivity contribution in [1.29, 1.82) is 0 Å². The van der Waals surface area contributed by atoms with E-state index in [9.17, 15) is 18.0 Å². The summed E-state index contributed by atoms with van der Waals surface area (Å²) in [7, 11) is 1.05. The van der Waals surface area contributed by atoms with Gasteiger partial charge in [0.15, 0.2) is 5.69 Å². The van der Waals surface area contributed by atoms with Gasteiger partial charge in [0, 0.05) is 6.20 Å². The number of carbonyl (C=O) groups is 1. The van der Waals surface area contributed by atoms with Crippen molar-refractivity contribution in [3.63, 3.8) is 0 Å². The van der Waals surface area contributed by atoms with Gasteiger partial charge in [-0.2, -0.15) is 23.0 Å². The van der Waals surface area contributed by atoms with Crippen LogP contribution in [0.1, 0.15) is 5.69 Å². The second kappa shape index (κ2) is 3.08. The molecule has 0 aliphatic heterocycles. The fourth-order valence-electron chi connectivity index (χ4n) is 0.670. The molecule has 0 N–H and O–H groups in total. The van der Waals surface area contributed by atoms with Crippen molar-refractivity contribution in [2.24, 2.45) is 0 Å². The zero-order valence-electron chi connectivity index (χ0n) is 6.50. The molecule has 0 aliphatic carbocycles. The molecule has 0 aliphatic rings. The van der Waals surface area contributed by atoms with Crippen molar-refractivity contribution < 1.29 is 22.7 Å². The lowest BCUT2D eigenvalue weighted by Gasteiger charge is -2.00. The number of rotatable bonds is 0. The van der Waals surface area contributed by atoms with Gasteiger partial charge in [-0.15, -0.1) is 0 Å². The molecule has 0 aromatic carbocycles. The molecule has 13 heavy (non-hydrogen) atoms. The standard InChI is InChI=1S/C6H5F3N2O2/c1-13-5(12)11-3-2-4(10-11)6(7,8)9/h2-3H,1H3. The molecule has 0 saturated heterocycles. The third kappa shape index (κ3) is 1.98. The summed E-state index contributed by atoms with van der Waals surface area (Å²) in [4.78, 5) is 10.7. The third-order valence-corrected chi connectivity index (χ3v) is 1.24. The predicted molar refractivity (Wildman–Crippen MR) is 35.0 cm³/mol. The molecule has 0 saturated carbocycles. The van der Waals surface area contributed by atoms with E-state index in [1.807, 2.05) is 0 Å². The van der Waals surface area contributed by atoms with Gasteiger partial charge in [-0.3, -0.25) is 0 Å². The minimum absolute atomic E-state index is 0.475. The molecule has 7 heteroatoms. The second-order valence-corrected chi connectivity index (χ2v) is 2.11. The highest BCUT2D eigenvalue weighted by Crippen LogP contribution is 2.27. The molecule has 1 aromatic heterocycles. The van der Waals surface area contributed by atoms with Crippen LogP contribution in [0.5, 0.6) is 0 Å². The van der Waals surface area contributed by atoms with Crippen LogP contribution in [0, 0.1) is 0 Å². The van der Waals surface area contributed by atoms with E-state index in [-0.39, 0.29) is 0 Å². The summed E-state index contributed by atoms with van der Waals surface area (Å²) in [5.74, 6) is 0. The van der Waals surface area contributed by atoms with Gasteiger partial charge in [0.05, 0.1) is 7.11 Å². The number of hydrogen-bond acceptors (Lipinski definition) is 3. The molecule has 4 nitrogen and oxygen atoms in total. The Labute approximate surface area is 70.9 Å². The van der Waals surface area contributed by atoms with Gasteiger partial charge in [0.25, 0.3) is 0 Å². The number of carbonyl (C=O) groups excluding carboxylic acids is 1. The maximum absolute atomic E-state index is 11.9. The summed E-state index contributed by atoms with van der Waals surface area (Å²) in [6.07, 6.45) is -4.62. The van der Waals surface area contributed by atoms with E-state index < -0.39 is 18.0 Å². The van der Waals surface area contributed by atoms with Crippen molar-refractivity contribution in [2.45, 2.75) is 6.18 Å². The maximum atomic E-state index is 11.9. The number of nitrogens with zero attached hydrogens (tertiary/aromatic N) is 2. The molecule has 1 aromatic rings. The Hall–Kier alpha value is -1.53. The van der Waals surface area contributed by atoms with Gasteiger partial charge in [-0.1, -0.05) is 0 Å². The molecule has 0 atom stereocenters. The van der Waals surface area contributed by atoms with E-state index in [0.29, 0.717) is 10.7 Å². The maximum Gasteiger partial charge on any atom is 0.435 e. The highest BCUT2D eigenvalue weighted by Gasteiger charge is 2.34. The Bertz CT molecular complexity index is 318. The molecule has 0 spiro atoms. The Morgan fingerprint density at radius 3 is 2.62 bits per heavy atom. The first-order chi connectivity index (χ1) is 5.95. The Morgan fingerprint density at radius 1 is 1.62 bits per heavy atom. The van der Waals surface area contributed by atoms with E-state index >= 15 is 0 Å². The van der Waals surface area contributed by atoms with Gasteiger partial charge >= 0.3 is 12.3 Å². The molecule has 0 fully saturated rings. The van der Waals surface area contributed by atoms with Crippen molar-refractivity contribution in [2.75, 3.05) is 7.11 Å². The first-order valence-corrected chi connectivity index (χ1v) is 3.16. The summed E-state index contributed by atoms with van der Waals surface area (Å²) in [5.41, 5.74) is -1.13. The van der Waals surface area contributed by atoms with Crippen LogP contribution < -0.4 is 0 Å². The molecule has 72 valence electrons. The highest BCUT2D eigenvalue weighted by molar-refractivity contribution is 5.68. The quantitative estimate of drug-likeness (QED) is 0.628. The fraction of sp³-hybridized carbons (Fsp3) is 0.333. The first-order valence-electron chi connectivity index (χ1n) is 3.16. The SMILES string of the molecule is COC(=O)n1ccc(C(F)(F)F)n1. The van der Waals surface area contributed by atoms with E-state index in [4.69, 9.17) is 0 Å². The number of alkyl halides is 3. The lowest BCUT2D eigenvalue weighted by molar-refractivity contribution is -0.141. The van der Waals surface area contributed by atoms with Crippen LogP contribution >= 0.6 is 0 Å². The molecule has 0 bridgehead atoms. The van der Waals surface area contributed by atoms with Crippen LogP contribution in [0.2, 0.25) is 0 Å². The van der Waals surface area contributed by atoms with E-state index in [0.717, 1.165) is 13.3 Å². The van der Waals surface area contributed by atoms with Gasteiger partial charge in [-0.25, -0.2) is 4.79 Å². The number of hydrogen-bond donors (Lipinski definition) is 0. The lowest BCUT2D eigenvalue weighted by atomic mass is 10.4. The van der Waals surface area contributed by atoms with Crippen LogP contribution in [-0.2, 0) is 10.9 Å². The normalized spacial score (nSPS) is 11.4. The number of aromatic nitrogens is 2. The molecular formula is C6H5F3N2O2. The summed E-state index contributed by atoms with van der Waals surface area (Å²) in [6.45, 7) is 0. The molecule has 1 heterocycles. The summed E-state index contributed by atoms with van der Waals surface area (Å²) < 4.78 is 40.5. The van der Waals surface area contributed by atoms with Gasteiger partial charge in [-0.05, 0) is 6.07 Å². The fourth-order valence-corrected chi connectivity index (χ4v) is 0.670. The molecule has 0 radical (unpaired) electrons. The smallest absolute Gasteiger partial charge is 0.435 e. The average molecular weight is 194 g/mol. The second-order valence-electron chi connectivity index (χ2n) is 2.11. The topological polar surface area (TPSA) is 44.1 Å². The van der Waals surface area contributed by atoms with E-state index in [1.54, 1.807) is 0 Å². The van der Waals surface area contributed by atoms with Crippen LogP contribution in [-0.4, -0.2) is 23.0 Å². The summed E-state index contributed by atoms with van der Waals surface area (Å²) >= 11 is 0. The molecule has 0 unspecified atom stereocenters. The zero-order valence-corrected chi connectivity index (χ0v) is 6.50. The van der Waals surface area contributed by atoms with Gasteiger partial charge in [0.2, 0.25) is 0 Å². The predicted octanol–water partition coefficient (Wildman–Crippen LogP) is 1.52. The van der Waals surface area contributed by atoms with Crippen molar-refractivity contribution in [3.05, 3.63) is 18.0 Å². The Morgan fingerprint density at radius 2 is 2.23 bits per heavy atom. The molecule has 1 rings (SSSR count). The number of ether oxygens (including phenoxy) is 1. The van der Waals surface area contributed by atoms with Gasteiger partial charge < -0.3 is 4.74 Å². The highest BCUT2D eigenvalue weighted by atomic mass is 19.4. The molecular weight excluding hydrogens is 189 g/mol. The summed E-state index contributed by atoms with van der Waals surface area (Å²) in [5, 5.41) is 2.97. The van der Waals surface area contributed by atoms with Gasteiger partial charge in [0.1, 0.15) is 0 Å². The van der Waals surface area contributed by atoms with Crippen molar-refractivity contribution in [3.8, 4) is 0 Å². The monoisotopic (exact) mass is 194 g/mol. The largest absolute Gasteiger partial charge is 0.451 e. The third-order valence-electron chi connectivity index (χ3n) is 1.24. The van der Waals surface area contributed by atoms with E-state index in [2.05, 4.69) is 9.84 Å². The van der Waals surface area contributed by atoms with Crippen LogP contribution in [0.4, 0.5) is 18.0 Å². The Balaban J connectivity index is 2.93. The number of halogens is 3. The van der Waals surface area contributed by atoms with Crippen LogP contribution in [0.3, 0.4) is 0 Å². The Kier molecular flexibility index (Phi) is 2.26. The van der Waals surface area contributed by atoms with Crippen LogP contribution in [0.25, 0.3) is 0 Å². The number of methoxy groups -OCH3 is 1. The summed E-state index contributed by atoms with van der Waals surface area (Å²) in [6, 6.07) is 0.691. The average Bonchev–Trinajstić information content (AvgIpc) is 2.50. The van der Waals surface area contributed by atoms with Crippen molar-refractivity contribution in [1.82, 2.24) is 9.78 Å². The van der Waals surface area contributed by atoms with E-state index in [1.165, 1.54) is 0 Å². The van der Waals surface area contributed by atoms with Crippen molar-refractivity contribution >= 4 is 6.09 Å². The lowest BCUT2D eigenvalue weighted by Crippen LogP contribution is -2.14. The zero-order chi connectivity index (χ0) is 10.1.